The van der Waals surface area contributed by atoms with Crippen LogP contribution in [0.15, 0.2) is 30.3 Å². The minimum absolute atomic E-state index is 0. The summed E-state index contributed by atoms with van der Waals surface area (Å²) in [7, 11) is 0. The zero-order valence-corrected chi connectivity index (χ0v) is 19.2. The molecule has 3 heterocycles. The summed E-state index contributed by atoms with van der Waals surface area (Å²) < 4.78 is 44.8. The predicted molar refractivity (Wildman–Crippen MR) is 123 cm³/mol. The van der Waals surface area contributed by atoms with Gasteiger partial charge >= 0.3 is 0 Å². The van der Waals surface area contributed by atoms with Gasteiger partial charge in [0.1, 0.15) is 24.5 Å². The van der Waals surface area contributed by atoms with E-state index >= 15 is 0 Å². The van der Waals surface area contributed by atoms with Gasteiger partial charge in [-0.15, -0.1) is 12.4 Å². The number of ether oxygens (including phenoxy) is 3. The molecule has 33 heavy (non-hydrogen) atoms. The lowest BCUT2D eigenvalue weighted by molar-refractivity contribution is 0.0391. The number of morpholine rings is 1. The zero-order chi connectivity index (χ0) is 22.1. The lowest BCUT2D eigenvalue weighted by atomic mass is 10.1. The summed E-state index contributed by atoms with van der Waals surface area (Å²) in [4.78, 5) is 21.6. The average molecular weight is 498 g/mol. The maximum Gasteiger partial charge on any atom is 0.260 e. The Morgan fingerprint density at radius 2 is 1.82 bits per heavy atom. The fourth-order valence-corrected chi connectivity index (χ4v) is 4.77. The van der Waals surface area contributed by atoms with Crippen LogP contribution in [0.2, 0.25) is 0 Å². The summed E-state index contributed by atoms with van der Waals surface area (Å²) in [6.07, 6.45) is 0. The molecule has 1 aromatic heterocycles. The molecule has 1 amide bonds. The molecule has 3 aromatic rings. The molecule has 2 aromatic carbocycles. The van der Waals surface area contributed by atoms with Crippen molar-refractivity contribution >= 4 is 45.0 Å². The fourth-order valence-electron chi connectivity index (χ4n) is 3.74. The minimum Gasteiger partial charge on any atom is -0.486 e. The van der Waals surface area contributed by atoms with Crippen molar-refractivity contribution in [2.45, 2.75) is 0 Å². The highest BCUT2D eigenvalue weighted by Crippen LogP contribution is 2.34. The highest BCUT2D eigenvalue weighted by Gasteiger charge is 2.25. The molecule has 1 saturated heterocycles. The Morgan fingerprint density at radius 1 is 1.06 bits per heavy atom. The van der Waals surface area contributed by atoms with Gasteiger partial charge in [0.15, 0.2) is 22.4 Å². The quantitative estimate of drug-likeness (QED) is 0.535. The molecule has 176 valence electrons. The molecular weight excluding hydrogens is 476 g/mol. The largest absolute Gasteiger partial charge is 0.486 e. The van der Waals surface area contributed by atoms with Gasteiger partial charge < -0.3 is 14.2 Å². The Morgan fingerprint density at radius 3 is 2.61 bits per heavy atom. The first-order valence-corrected chi connectivity index (χ1v) is 11.2. The number of amides is 1. The van der Waals surface area contributed by atoms with Gasteiger partial charge in [-0.3, -0.25) is 14.6 Å². The van der Waals surface area contributed by atoms with Crippen molar-refractivity contribution in [2.75, 3.05) is 57.5 Å². The third-order valence-corrected chi connectivity index (χ3v) is 6.44. The summed E-state index contributed by atoms with van der Waals surface area (Å²) in [6, 6.07) is 7.05. The van der Waals surface area contributed by atoms with Gasteiger partial charge in [0, 0.05) is 37.8 Å². The number of fused-ring (bicyclic) bond motifs is 2. The minimum atomic E-state index is -0.748. The van der Waals surface area contributed by atoms with E-state index in [1.54, 1.807) is 18.2 Å². The van der Waals surface area contributed by atoms with Crippen molar-refractivity contribution in [3.63, 3.8) is 0 Å². The van der Waals surface area contributed by atoms with Crippen LogP contribution in [0.25, 0.3) is 10.2 Å². The number of rotatable bonds is 5. The van der Waals surface area contributed by atoms with E-state index < -0.39 is 11.6 Å². The first kappa shape index (κ1) is 23.6. The molecule has 2 aliphatic rings. The van der Waals surface area contributed by atoms with Crippen LogP contribution in [-0.4, -0.2) is 68.4 Å². The Kier molecular flexibility index (Phi) is 7.28. The number of halogens is 3. The lowest BCUT2D eigenvalue weighted by Crippen LogP contribution is -2.43. The van der Waals surface area contributed by atoms with E-state index in [1.165, 1.54) is 11.0 Å². The molecule has 11 heteroatoms. The number of nitrogens with zero attached hydrogens (tertiary/aromatic N) is 3. The molecular formula is C22H22ClF2N3O4S. The molecule has 0 unspecified atom stereocenters. The highest BCUT2D eigenvalue weighted by atomic mass is 35.5. The van der Waals surface area contributed by atoms with Gasteiger partial charge in [-0.1, -0.05) is 11.3 Å². The highest BCUT2D eigenvalue weighted by molar-refractivity contribution is 7.22. The molecule has 7 nitrogen and oxygen atoms in total. The normalized spacial score (nSPS) is 15.8. The van der Waals surface area contributed by atoms with Crippen molar-refractivity contribution in [2.24, 2.45) is 0 Å². The van der Waals surface area contributed by atoms with E-state index in [-0.39, 0.29) is 23.8 Å². The van der Waals surface area contributed by atoms with Crippen molar-refractivity contribution in [1.82, 2.24) is 9.88 Å². The summed E-state index contributed by atoms with van der Waals surface area (Å²) in [5, 5.41) is 0.317. The smallest absolute Gasteiger partial charge is 0.260 e. The number of thiazole rings is 1. The molecule has 0 radical (unpaired) electrons. The molecule has 0 N–H and O–H groups in total. The number of carbonyl (C=O) groups excluding carboxylic acids is 1. The van der Waals surface area contributed by atoms with Gasteiger partial charge in [0.2, 0.25) is 0 Å². The van der Waals surface area contributed by atoms with Crippen LogP contribution >= 0.6 is 23.7 Å². The van der Waals surface area contributed by atoms with E-state index in [1.807, 2.05) is 0 Å². The molecule has 1 fully saturated rings. The first-order valence-electron chi connectivity index (χ1n) is 10.4. The average Bonchev–Trinajstić information content (AvgIpc) is 3.23. The summed E-state index contributed by atoms with van der Waals surface area (Å²) in [6.45, 7) is 4.64. The number of hydrogen-bond acceptors (Lipinski definition) is 7. The topological polar surface area (TPSA) is 64.1 Å². The molecule has 0 atom stereocenters. The molecule has 0 aliphatic carbocycles. The lowest BCUT2D eigenvalue weighted by Gasteiger charge is -2.29. The van der Waals surface area contributed by atoms with Crippen LogP contribution < -0.4 is 14.4 Å². The van der Waals surface area contributed by atoms with Crippen LogP contribution in [0.4, 0.5) is 13.9 Å². The van der Waals surface area contributed by atoms with E-state index in [0.717, 1.165) is 30.5 Å². The van der Waals surface area contributed by atoms with Crippen molar-refractivity contribution in [1.29, 1.82) is 0 Å². The number of aromatic nitrogens is 1. The Balaban J connectivity index is 0.00000259. The third kappa shape index (κ3) is 5.03. The van der Waals surface area contributed by atoms with E-state index in [4.69, 9.17) is 14.2 Å². The molecule has 5 rings (SSSR count). The number of benzene rings is 2. The van der Waals surface area contributed by atoms with Gasteiger partial charge in [-0.2, -0.15) is 0 Å². The van der Waals surface area contributed by atoms with Crippen molar-refractivity contribution in [3.8, 4) is 11.5 Å². The standard InChI is InChI=1S/C22H21F2N3O4S.ClH/c23-15-12-16(24)20-19(13-15)32-22(25-20)27(4-3-26-5-7-29-8-6-26)21(28)14-1-2-17-18(11-14)31-10-9-30-17;/h1-2,11-13H,3-10H2;1H. The van der Waals surface area contributed by atoms with E-state index in [0.29, 0.717) is 66.4 Å². The van der Waals surface area contributed by atoms with Crippen LogP contribution in [0, 0.1) is 11.6 Å². The number of hydrogen-bond donors (Lipinski definition) is 0. The third-order valence-electron chi connectivity index (χ3n) is 5.41. The molecule has 0 bridgehead atoms. The zero-order valence-electron chi connectivity index (χ0n) is 17.6. The Hall–Kier alpha value is -2.53. The maximum atomic E-state index is 14.3. The molecule has 2 aliphatic heterocycles. The van der Waals surface area contributed by atoms with Crippen LogP contribution in [-0.2, 0) is 4.74 Å². The predicted octanol–water partition coefficient (Wildman–Crippen LogP) is 3.75. The Bertz CT molecular complexity index is 1160. The first-order chi connectivity index (χ1) is 15.6. The number of anilines is 1. The van der Waals surface area contributed by atoms with E-state index in [2.05, 4.69) is 9.88 Å². The number of carbonyl (C=O) groups is 1. The van der Waals surface area contributed by atoms with Gasteiger partial charge in [0.05, 0.1) is 17.9 Å². The second-order valence-electron chi connectivity index (χ2n) is 7.50. The van der Waals surface area contributed by atoms with Gasteiger partial charge in [-0.25, -0.2) is 13.8 Å². The van der Waals surface area contributed by atoms with Crippen LogP contribution in [0.5, 0.6) is 11.5 Å². The van der Waals surface area contributed by atoms with Crippen molar-refractivity contribution < 1.29 is 27.8 Å². The van der Waals surface area contributed by atoms with E-state index in [9.17, 15) is 13.6 Å². The Labute approximate surface area is 199 Å². The molecule has 0 spiro atoms. The molecule has 0 saturated carbocycles. The van der Waals surface area contributed by atoms with Crippen molar-refractivity contribution in [3.05, 3.63) is 47.5 Å². The second-order valence-corrected chi connectivity index (χ2v) is 8.51. The van der Waals surface area contributed by atoms with Crippen LogP contribution in [0.3, 0.4) is 0 Å². The summed E-state index contributed by atoms with van der Waals surface area (Å²) in [5.74, 6) is -0.626. The summed E-state index contributed by atoms with van der Waals surface area (Å²) >= 11 is 1.09. The second kappa shape index (κ2) is 10.2. The maximum absolute atomic E-state index is 14.3. The summed E-state index contributed by atoms with van der Waals surface area (Å²) in [5.41, 5.74) is 0.458. The SMILES string of the molecule is Cl.O=C(c1ccc2c(c1)OCCO2)N(CCN1CCOCC1)c1nc2c(F)cc(F)cc2s1. The monoisotopic (exact) mass is 497 g/mol. The van der Waals surface area contributed by atoms with Gasteiger partial charge in [-0.05, 0) is 24.3 Å². The van der Waals surface area contributed by atoms with Gasteiger partial charge in [0.25, 0.3) is 5.91 Å². The van der Waals surface area contributed by atoms with Crippen LogP contribution in [0.1, 0.15) is 10.4 Å². The fraction of sp³-hybridized carbons (Fsp3) is 0.364.